The monoisotopic (exact) mass is 505 g/mol. The fourth-order valence-electron chi connectivity index (χ4n) is 4.82. The quantitative estimate of drug-likeness (QED) is 0.532. The maximum atomic E-state index is 12.7. The SMILES string of the molecule is CC(C)(C)OC(=O)O[C@@H]1C[C@H](Oc2cccc3c2CN(C(=O)OC(C)(C)C)CC3)[C@H]2OC(C)(C)O[C@H]21. The topological polar surface area (TPSA) is 92.8 Å². The van der Waals surface area contributed by atoms with Gasteiger partial charge in [-0.05, 0) is 73.4 Å². The van der Waals surface area contributed by atoms with Crippen LogP contribution in [0.5, 0.6) is 5.75 Å². The predicted octanol–water partition coefficient (Wildman–Crippen LogP) is 4.97. The Morgan fingerprint density at radius 1 is 0.972 bits per heavy atom. The highest BCUT2D eigenvalue weighted by molar-refractivity contribution is 5.69. The Morgan fingerprint density at radius 3 is 2.25 bits per heavy atom. The van der Waals surface area contributed by atoms with E-state index in [0.29, 0.717) is 31.7 Å². The van der Waals surface area contributed by atoms with Gasteiger partial charge in [0.05, 0.1) is 6.54 Å². The first-order chi connectivity index (χ1) is 16.6. The summed E-state index contributed by atoms with van der Waals surface area (Å²) in [5.74, 6) is -0.160. The van der Waals surface area contributed by atoms with E-state index in [9.17, 15) is 9.59 Å². The van der Waals surface area contributed by atoms with Crippen molar-refractivity contribution in [1.29, 1.82) is 0 Å². The molecule has 36 heavy (non-hydrogen) atoms. The molecule has 0 spiro atoms. The van der Waals surface area contributed by atoms with Crippen molar-refractivity contribution >= 4 is 12.2 Å². The maximum Gasteiger partial charge on any atom is 0.509 e. The van der Waals surface area contributed by atoms with Gasteiger partial charge in [-0.2, -0.15) is 0 Å². The van der Waals surface area contributed by atoms with E-state index in [1.165, 1.54) is 0 Å². The second kappa shape index (κ2) is 9.41. The van der Waals surface area contributed by atoms with E-state index in [0.717, 1.165) is 11.1 Å². The van der Waals surface area contributed by atoms with E-state index >= 15 is 0 Å². The normalized spacial score (nSPS) is 27.2. The summed E-state index contributed by atoms with van der Waals surface area (Å²) in [5, 5.41) is 0. The zero-order valence-electron chi connectivity index (χ0n) is 22.6. The number of carbonyl (C=O) groups excluding carboxylic acids is 2. The van der Waals surface area contributed by atoms with Crippen molar-refractivity contribution < 1.29 is 38.0 Å². The number of rotatable bonds is 3. The molecule has 0 bridgehead atoms. The first kappa shape index (κ1) is 26.5. The third-order valence-corrected chi connectivity index (χ3v) is 6.16. The van der Waals surface area contributed by atoms with Crippen molar-refractivity contribution in [3.63, 3.8) is 0 Å². The fraction of sp³-hybridized carbons (Fsp3) is 0.704. The number of carbonyl (C=O) groups is 2. The van der Waals surface area contributed by atoms with Gasteiger partial charge in [0.25, 0.3) is 0 Å². The summed E-state index contributed by atoms with van der Waals surface area (Å²) in [4.78, 5) is 26.8. The van der Waals surface area contributed by atoms with Crippen LogP contribution in [-0.2, 0) is 36.6 Å². The molecule has 1 saturated carbocycles. The van der Waals surface area contributed by atoms with Gasteiger partial charge < -0.3 is 33.3 Å². The van der Waals surface area contributed by atoms with Crippen molar-refractivity contribution in [2.24, 2.45) is 0 Å². The molecular weight excluding hydrogens is 466 g/mol. The molecular formula is C27H39NO8. The van der Waals surface area contributed by atoms with E-state index in [4.69, 9.17) is 28.4 Å². The van der Waals surface area contributed by atoms with Gasteiger partial charge in [0.2, 0.25) is 0 Å². The van der Waals surface area contributed by atoms with Gasteiger partial charge in [0.15, 0.2) is 5.79 Å². The van der Waals surface area contributed by atoms with Crippen LogP contribution in [0.2, 0.25) is 0 Å². The summed E-state index contributed by atoms with van der Waals surface area (Å²) in [6.07, 6.45) is -1.87. The third kappa shape index (κ3) is 6.24. The van der Waals surface area contributed by atoms with Crippen LogP contribution in [0.3, 0.4) is 0 Å². The average molecular weight is 506 g/mol. The van der Waals surface area contributed by atoms with Gasteiger partial charge in [-0.1, -0.05) is 12.1 Å². The number of hydrogen-bond donors (Lipinski definition) is 0. The zero-order valence-corrected chi connectivity index (χ0v) is 22.6. The Kier molecular flexibility index (Phi) is 6.94. The summed E-state index contributed by atoms with van der Waals surface area (Å²) in [6, 6.07) is 5.91. The molecule has 2 heterocycles. The largest absolute Gasteiger partial charge is 0.509 e. The zero-order chi connectivity index (χ0) is 26.5. The van der Waals surface area contributed by atoms with Crippen LogP contribution in [-0.4, -0.2) is 65.1 Å². The first-order valence-electron chi connectivity index (χ1n) is 12.6. The Labute approximate surface area is 213 Å². The van der Waals surface area contributed by atoms with Gasteiger partial charge in [-0.15, -0.1) is 0 Å². The van der Waals surface area contributed by atoms with Gasteiger partial charge in [-0.3, -0.25) is 0 Å². The number of ether oxygens (including phenoxy) is 6. The Balaban J connectivity index is 1.51. The summed E-state index contributed by atoms with van der Waals surface area (Å²) in [5.41, 5.74) is 0.843. The number of hydrogen-bond acceptors (Lipinski definition) is 8. The summed E-state index contributed by atoms with van der Waals surface area (Å²) >= 11 is 0. The Hall–Kier alpha value is -2.52. The molecule has 1 amide bonds. The molecule has 2 aliphatic heterocycles. The summed E-state index contributed by atoms with van der Waals surface area (Å²) < 4.78 is 35.3. The molecule has 0 N–H and O–H groups in total. The van der Waals surface area contributed by atoms with Crippen LogP contribution in [0.15, 0.2) is 18.2 Å². The van der Waals surface area contributed by atoms with E-state index in [1.54, 1.807) is 25.7 Å². The minimum Gasteiger partial charge on any atom is -0.487 e. The lowest BCUT2D eigenvalue weighted by Gasteiger charge is -2.32. The van der Waals surface area contributed by atoms with Gasteiger partial charge in [-0.25, -0.2) is 9.59 Å². The molecule has 4 rings (SSSR count). The summed E-state index contributed by atoms with van der Waals surface area (Å²) in [7, 11) is 0. The molecule has 1 aromatic carbocycles. The van der Waals surface area contributed by atoms with Crippen molar-refractivity contribution in [2.45, 2.75) is 116 Å². The molecule has 1 aromatic rings. The van der Waals surface area contributed by atoms with Crippen LogP contribution < -0.4 is 4.74 Å². The van der Waals surface area contributed by atoms with Crippen LogP contribution >= 0.6 is 0 Å². The van der Waals surface area contributed by atoms with Crippen molar-refractivity contribution in [3.8, 4) is 5.75 Å². The van der Waals surface area contributed by atoms with Gasteiger partial charge >= 0.3 is 12.2 Å². The van der Waals surface area contributed by atoms with E-state index < -0.39 is 47.6 Å². The highest BCUT2D eigenvalue weighted by Crippen LogP contribution is 2.42. The molecule has 0 unspecified atom stereocenters. The second-order valence-corrected chi connectivity index (χ2v) is 12.1. The van der Waals surface area contributed by atoms with Crippen LogP contribution in [0.25, 0.3) is 0 Å². The lowest BCUT2D eigenvalue weighted by atomic mass is 9.99. The Bertz CT molecular complexity index is 992. The maximum absolute atomic E-state index is 12.7. The highest BCUT2D eigenvalue weighted by atomic mass is 16.8. The minimum atomic E-state index is -0.837. The van der Waals surface area contributed by atoms with Crippen LogP contribution in [0.1, 0.15) is 72.9 Å². The molecule has 4 atom stereocenters. The van der Waals surface area contributed by atoms with Gasteiger partial charge in [0.1, 0.15) is 41.4 Å². The smallest absolute Gasteiger partial charge is 0.487 e. The predicted molar refractivity (Wildman–Crippen MR) is 131 cm³/mol. The third-order valence-electron chi connectivity index (χ3n) is 6.16. The highest BCUT2D eigenvalue weighted by Gasteiger charge is 2.57. The van der Waals surface area contributed by atoms with E-state index in [2.05, 4.69) is 6.07 Å². The molecule has 3 aliphatic rings. The van der Waals surface area contributed by atoms with Crippen LogP contribution in [0, 0.1) is 0 Å². The second-order valence-electron chi connectivity index (χ2n) is 12.1. The van der Waals surface area contributed by atoms with Gasteiger partial charge in [0, 0.05) is 18.5 Å². The Morgan fingerprint density at radius 2 is 1.61 bits per heavy atom. The van der Waals surface area contributed by atoms with Crippen molar-refractivity contribution in [2.75, 3.05) is 6.54 Å². The molecule has 0 aromatic heterocycles. The molecule has 200 valence electrons. The van der Waals surface area contributed by atoms with Crippen molar-refractivity contribution in [1.82, 2.24) is 4.90 Å². The summed E-state index contributed by atoms with van der Waals surface area (Å²) in [6.45, 7) is 15.6. The number of fused-ring (bicyclic) bond motifs is 2. The van der Waals surface area contributed by atoms with Crippen LogP contribution in [0.4, 0.5) is 9.59 Å². The lowest BCUT2D eigenvalue weighted by molar-refractivity contribution is -0.172. The molecule has 1 saturated heterocycles. The fourth-order valence-corrected chi connectivity index (χ4v) is 4.82. The van der Waals surface area contributed by atoms with Crippen molar-refractivity contribution in [3.05, 3.63) is 29.3 Å². The molecule has 0 radical (unpaired) electrons. The molecule has 2 fully saturated rings. The minimum absolute atomic E-state index is 0.344. The molecule has 9 nitrogen and oxygen atoms in total. The van der Waals surface area contributed by atoms with E-state index in [1.807, 2.05) is 46.8 Å². The number of nitrogens with zero attached hydrogens (tertiary/aromatic N) is 1. The average Bonchev–Trinajstić information content (AvgIpc) is 3.19. The molecule has 9 heteroatoms. The number of benzene rings is 1. The lowest BCUT2D eigenvalue weighted by Crippen LogP contribution is -2.40. The number of amides is 1. The molecule has 1 aliphatic carbocycles. The standard InChI is InChI=1S/C27H39NO8/c1-25(2,3)35-23(29)28-13-12-16-10-9-11-18(17(16)15-28)31-19-14-20(32-24(30)36-26(4,5)6)22-21(19)33-27(7,8)34-22/h9-11,19-22H,12-15H2,1-8H3/t19-,20+,21+,22-/m0/s1. The van der Waals surface area contributed by atoms with E-state index in [-0.39, 0.29) is 6.09 Å². The first-order valence-corrected chi connectivity index (χ1v) is 12.6.